The normalized spacial score (nSPS) is 40.9. The third kappa shape index (κ3) is 5.57. The van der Waals surface area contributed by atoms with Gasteiger partial charge in [-0.15, -0.1) is 0 Å². The van der Waals surface area contributed by atoms with Gasteiger partial charge in [-0.2, -0.15) is 0 Å². The quantitative estimate of drug-likeness (QED) is 0.249. The Labute approximate surface area is 214 Å². The minimum Gasteiger partial charge on any atom is -0.417 e. The zero-order valence-corrected chi connectivity index (χ0v) is 27.1. The Bertz CT molecular complexity index is 777. The zero-order valence-electron chi connectivity index (χ0n) is 24.1. The van der Waals surface area contributed by atoms with Gasteiger partial charge < -0.3 is 13.3 Å². The molecule has 4 aliphatic rings. The smallest absolute Gasteiger partial charge is 0.184 e. The summed E-state index contributed by atoms with van der Waals surface area (Å²) in [6.45, 7) is 24.7. The lowest BCUT2D eigenvalue weighted by Gasteiger charge is -2.60. The molecule has 0 aliphatic heterocycles. The van der Waals surface area contributed by atoms with Crippen LogP contribution in [-0.4, -0.2) is 43.8 Å². The maximum Gasteiger partial charge on any atom is 0.184 e. The Morgan fingerprint density at radius 3 is 2.06 bits per heavy atom. The van der Waals surface area contributed by atoms with Crippen molar-refractivity contribution in [2.24, 2.45) is 28.6 Å². The predicted molar refractivity (Wildman–Crippen MR) is 152 cm³/mol. The number of rotatable bonds is 7. The van der Waals surface area contributed by atoms with Gasteiger partial charge in [0.2, 0.25) is 0 Å². The van der Waals surface area contributed by atoms with Gasteiger partial charge in [0, 0.05) is 12.0 Å². The molecule has 34 heavy (non-hydrogen) atoms. The van der Waals surface area contributed by atoms with Gasteiger partial charge in [-0.25, -0.2) is 0 Å². The van der Waals surface area contributed by atoms with Crippen LogP contribution in [0.5, 0.6) is 0 Å². The second kappa shape index (κ2) is 9.23. The van der Waals surface area contributed by atoms with Crippen LogP contribution in [0.15, 0.2) is 11.6 Å². The Morgan fingerprint density at radius 2 is 1.44 bits per heavy atom. The van der Waals surface area contributed by atoms with Crippen LogP contribution in [0, 0.1) is 28.6 Å². The molecule has 0 aromatic heterocycles. The van der Waals surface area contributed by atoms with Crippen LogP contribution < -0.4 is 0 Å². The van der Waals surface area contributed by atoms with Gasteiger partial charge in [-0.3, -0.25) is 0 Å². The number of fused-ring (bicyclic) bond motifs is 5. The molecular formula is C28H54O3Si3. The summed E-state index contributed by atoms with van der Waals surface area (Å²) >= 11 is 0. The molecule has 4 aliphatic carbocycles. The van der Waals surface area contributed by atoms with Crippen molar-refractivity contribution in [2.75, 3.05) is 6.61 Å². The Hall–Kier alpha value is 0.271. The molecular weight excluding hydrogens is 469 g/mol. The SMILES string of the molecule is C[C@]12CC[C@@H]3[C@@H](CCC4=CC(O[Si](C)(C)C)CC[C@@]43CO[Si](C)(C)C)[C@@H]1CCC2O[Si](C)(C)C. The van der Waals surface area contributed by atoms with Crippen molar-refractivity contribution >= 4 is 25.0 Å². The Balaban J connectivity index is 1.62. The fraction of sp³-hybridized carbons (Fsp3) is 0.929. The lowest BCUT2D eigenvalue weighted by molar-refractivity contribution is -0.0878. The molecule has 3 nitrogen and oxygen atoms in total. The number of hydrogen-bond donors (Lipinski definition) is 0. The van der Waals surface area contributed by atoms with Crippen LogP contribution in [0.1, 0.15) is 58.3 Å². The average Bonchev–Trinajstić information content (AvgIpc) is 2.99. The van der Waals surface area contributed by atoms with Crippen molar-refractivity contribution in [3.05, 3.63) is 11.6 Å². The largest absolute Gasteiger partial charge is 0.417 e. The Kier molecular flexibility index (Phi) is 7.41. The van der Waals surface area contributed by atoms with E-state index in [1.165, 1.54) is 51.4 Å². The van der Waals surface area contributed by atoms with Gasteiger partial charge in [0.15, 0.2) is 25.0 Å². The second-order valence-electron chi connectivity index (χ2n) is 15.3. The third-order valence-corrected chi connectivity index (χ3v) is 12.5. The molecule has 0 saturated heterocycles. The highest BCUT2D eigenvalue weighted by atomic mass is 28.4. The van der Waals surface area contributed by atoms with Gasteiger partial charge in [0.25, 0.3) is 0 Å². The van der Waals surface area contributed by atoms with Crippen LogP contribution >= 0.6 is 0 Å². The summed E-state index contributed by atoms with van der Waals surface area (Å²) in [5.41, 5.74) is 2.33. The standard InChI is InChI=1S/C28H54O3Si3/c1-27-17-16-25-23(24(27)13-14-26(27)31-34(8,9)10)12-11-21-19-22(30-33(5,6)7)15-18-28(21,25)20-29-32(2,3)4/h19,22-26H,11-18,20H2,1-10H3/t22?,23-,24-,25+,26?,27-,28+/m0/s1. The fourth-order valence-electron chi connectivity index (χ4n) is 8.22. The predicted octanol–water partition coefficient (Wildman–Crippen LogP) is 8.22. The van der Waals surface area contributed by atoms with E-state index in [0.29, 0.717) is 17.6 Å². The van der Waals surface area contributed by atoms with E-state index in [0.717, 1.165) is 24.4 Å². The van der Waals surface area contributed by atoms with Crippen molar-refractivity contribution in [3.63, 3.8) is 0 Å². The highest BCUT2D eigenvalue weighted by Gasteiger charge is 2.61. The van der Waals surface area contributed by atoms with Gasteiger partial charge >= 0.3 is 0 Å². The highest BCUT2D eigenvalue weighted by molar-refractivity contribution is 6.70. The van der Waals surface area contributed by atoms with Crippen molar-refractivity contribution in [1.29, 1.82) is 0 Å². The maximum atomic E-state index is 6.83. The zero-order chi connectivity index (χ0) is 25.2. The van der Waals surface area contributed by atoms with E-state index in [-0.39, 0.29) is 5.41 Å². The van der Waals surface area contributed by atoms with Gasteiger partial charge in [0.05, 0.1) is 12.2 Å². The van der Waals surface area contributed by atoms with Gasteiger partial charge in [-0.1, -0.05) is 18.6 Å². The molecule has 0 aromatic carbocycles. The molecule has 0 spiro atoms. The molecule has 0 radical (unpaired) electrons. The van der Waals surface area contributed by atoms with E-state index in [2.05, 4.69) is 71.9 Å². The molecule has 7 atom stereocenters. The lowest BCUT2D eigenvalue weighted by atomic mass is 9.47. The van der Waals surface area contributed by atoms with Crippen LogP contribution in [0.25, 0.3) is 0 Å². The van der Waals surface area contributed by atoms with E-state index in [9.17, 15) is 0 Å². The van der Waals surface area contributed by atoms with Crippen LogP contribution in [0.4, 0.5) is 0 Å². The summed E-state index contributed by atoms with van der Waals surface area (Å²) in [6, 6.07) is 0. The molecule has 196 valence electrons. The summed E-state index contributed by atoms with van der Waals surface area (Å²) in [5, 5.41) is 0. The lowest BCUT2D eigenvalue weighted by Crippen LogP contribution is -2.55. The van der Waals surface area contributed by atoms with Crippen molar-refractivity contribution in [2.45, 2.75) is 129 Å². The summed E-state index contributed by atoms with van der Waals surface area (Å²) in [7, 11) is -4.65. The van der Waals surface area contributed by atoms with Crippen LogP contribution in [0.3, 0.4) is 0 Å². The van der Waals surface area contributed by atoms with E-state index in [1.807, 2.05) is 0 Å². The molecule has 2 unspecified atom stereocenters. The summed E-state index contributed by atoms with van der Waals surface area (Å²) in [6.07, 6.45) is 13.8. The van der Waals surface area contributed by atoms with E-state index >= 15 is 0 Å². The molecule has 3 saturated carbocycles. The fourth-order valence-corrected chi connectivity index (χ4v) is 11.3. The summed E-state index contributed by atoms with van der Waals surface area (Å²) < 4.78 is 20.2. The molecule has 6 heteroatoms. The van der Waals surface area contributed by atoms with Crippen molar-refractivity contribution < 1.29 is 13.3 Å². The molecule has 0 N–H and O–H groups in total. The average molecular weight is 523 g/mol. The Morgan fingerprint density at radius 1 is 0.765 bits per heavy atom. The van der Waals surface area contributed by atoms with Crippen LogP contribution in [0.2, 0.25) is 58.9 Å². The van der Waals surface area contributed by atoms with Crippen LogP contribution in [-0.2, 0) is 13.3 Å². The molecule has 0 aromatic rings. The molecule has 0 amide bonds. The monoisotopic (exact) mass is 522 g/mol. The summed E-state index contributed by atoms with van der Waals surface area (Å²) in [4.78, 5) is 0. The van der Waals surface area contributed by atoms with E-state index < -0.39 is 25.0 Å². The summed E-state index contributed by atoms with van der Waals surface area (Å²) in [5.74, 6) is 2.44. The first-order chi connectivity index (χ1) is 15.5. The first-order valence-electron chi connectivity index (χ1n) is 14.2. The molecule has 4 rings (SSSR count). The van der Waals surface area contributed by atoms with Crippen molar-refractivity contribution in [3.8, 4) is 0 Å². The third-order valence-electron chi connectivity index (χ3n) is 9.47. The highest BCUT2D eigenvalue weighted by Crippen LogP contribution is 2.66. The first kappa shape index (κ1) is 27.3. The maximum absolute atomic E-state index is 6.83. The van der Waals surface area contributed by atoms with E-state index in [1.54, 1.807) is 5.57 Å². The molecule has 0 bridgehead atoms. The topological polar surface area (TPSA) is 27.7 Å². The second-order valence-corrected chi connectivity index (χ2v) is 28.7. The van der Waals surface area contributed by atoms with Gasteiger partial charge in [-0.05, 0) is 133 Å². The van der Waals surface area contributed by atoms with E-state index in [4.69, 9.17) is 13.3 Å². The first-order valence-corrected chi connectivity index (χ1v) is 24.5. The number of hydrogen-bond acceptors (Lipinski definition) is 3. The molecule has 3 fully saturated rings. The molecule has 0 heterocycles. The van der Waals surface area contributed by atoms with Gasteiger partial charge in [0.1, 0.15) is 0 Å². The minimum atomic E-state index is -1.58. The minimum absolute atomic E-state index is 0.252. The van der Waals surface area contributed by atoms with Crippen molar-refractivity contribution in [1.82, 2.24) is 0 Å².